The Morgan fingerprint density at radius 2 is 2.12 bits per heavy atom. The van der Waals surface area contributed by atoms with Gasteiger partial charge in [-0.3, -0.25) is 10.1 Å². The zero-order chi connectivity index (χ0) is 12.3. The maximum absolute atomic E-state index is 13.3. The predicted octanol–water partition coefficient (Wildman–Crippen LogP) is 2.38. The van der Waals surface area contributed by atoms with Crippen molar-refractivity contribution in [2.24, 2.45) is 0 Å². The van der Waals surface area contributed by atoms with Crippen LogP contribution in [0.15, 0.2) is 18.2 Å². The first-order valence-corrected chi connectivity index (χ1v) is 4.62. The molecule has 0 atom stereocenters. The number of benzene rings is 1. The van der Waals surface area contributed by atoms with E-state index in [1.807, 2.05) is 0 Å². The van der Waals surface area contributed by atoms with Crippen LogP contribution >= 0.6 is 0 Å². The first-order valence-electron chi connectivity index (χ1n) is 4.62. The minimum Gasteiger partial charge on any atom is -0.396 e. The average Bonchev–Trinajstić information content (AvgIpc) is 2.17. The van der Waals surface area contributed by atoms with Crippen molar-refractivity contribution in [3.63, 3.8) is 0 Å². The standard InChI is InChI=1S/C10H11F2NO3/c1-7-2-3-8(6-9(7)13(15)16)10(11,12)4-5-14/h2-3,6,14H,4-5H2,1H3. The van der Waals surface area contributed by atoms with Crippen LogP contribution in [0, 0.1) is 17.0 Å². The fourth-order valence-corrected chi connectivity index (χ4v) is 1.32. The van der Waals surface area contributed by atoms with Gasteiger partial charge in [0.25, 0.3) is 11.6 Å². The molecule has 0 saturated carbocycles. The van der Waals surface area contributed by atoms with Crippen molar-refractivity contribution in [1.82, 2.24) is 0 Å². The average molecular weight is 231 g/mol. The lowest BCUT2D eigenvalue weighted by atomic mass is 10.0. The molecule has 0 aliphatic carbocycles. The quantitative estimate of drug-likeness (QED) is 0.639. The van der Waals surface area contributed by atoms with Gasteiger partial charge in [0.15, 0.2) is 0 Å². The molecule has 0 amide bonds. The first-order chi connectivity index (χ1) is 7.38. The second-order valence-electron chi connectivity index (χ2n) is 3.44. The summed E-state index contributed by atoms with van der Waals surface area (Å²) in [6.45, 7) is 0.806. The van der Waals surface area contributed by atoms with Crippen molar-refractivity contribution in [2.75, 3.05) is 6.61 Å². The number of nitro groups is 1. The van der Waals surface area contributed by atoms with Crippen molar-refractivity contribution in [3.8, 4) is 0 Å². The van der Waals surface area contributed by atoms with E-state index in [1.165, 1.54) is 13.0 Å². The van der Waals surface area contributed by atoms with Gasteiger partial charge in [0.1, 0.15) is 0 Å². The number of aliphatic hydroxyl groups is 1. The van der Waals surface area contributed by atoms with Gasteiger partial charge in [-0.15, -0.1) is 0 Å². The Hall–Kier alpha value is -1.56. The lowest BCUT2D eigenvalue weighted by Crippen LogP contribution is -2.15. The SMILES string of the molecule is Cc1ccc(C(F)(F)CCO)cc1[N+](=O)[O-]. The van der Waals surface area contributed by atoms with Gasteiger partial charge >= 0.3 is 0 Å². The monoisotopic (exact) mass is 231 g/mol. The maximum atomic E-state index is 13.3. The molecule has 88 valence electrons. The van der Waals surface area contributed by atoms with E-state index in [0.717, 1.165) is 12.1 Å². The first kappa shape index (κ1) is 12.5. The number of halogens is 2. The largest absolute Gasteiger partial charge is 0.396 e. The van der Waals surface area contributed by atoms with Crippen molar-refractivity contribution >= 4 is 5.69 Å². The Kier molecular flexibility index (Phi) is 3.54. The topological polar surface area (TPSA) is 63.4 Å². The van der Waals surface area contributed by atoms with Crippen LogP contribution in [0.1, 0.15) is 17.5 Å². The number of hydrogen-bond acceptors (Lipinski definition) is 3. The Morgan fingerprint density at radius 3 is 2.62 bits per heavy atom. The van der Waals surface area contributed by atoms with Gasteiger partial charge in [-0.25, -0.2) is 8.78 Å². The van der Waals surface area contributed by atoms with Gasteiger partial charge in [0.05, 0.1) is 4.92 Å². The third-order valence-electron chi connectivity index (χ3n) is 2.25. The number of nitrogens with zero attached hydrogens (tertiary/aromatic N) is 1. The molecule has 0 aromatic heterocycles. The minimum absolute atomic E-state index is 0.327. The summed E-state index contributed by atoms with van der Waals surface area (Å²) in [4.78, 5) is 9.87. The Bertz CT molecular complexity index is 407. The zero-order valence-corrected chi connectivity index (χ0v) is 8.61. The van der Waals surface area contributed by atoms with Crippen LogP contribution in [0.2, 0.25) is 0 Å². The van der Waals surface area contributed by atoms with Crippen LogP contribution in [-0.4, -0.2) is 16.6 Å². The van der Waals surface area contributed by atoms with E-state index in [4.69, 9.17) is 5.11 Å². The molecule has 0 radical (unpaired) electrons. The molecule has 1 aromatic rings. The Balaban J connectivity index is 3.17. The molecule has 0 fully saturated rings. The molecular formula is C10H11F2NO3. The molecule has 0 spiro atoms. The van der Waals surface area contributed by atoms with Crippen molar-refractivity contribution in [3.05, 3.63) is 39.4 Å². The highest BCUT2D eigenvalue weighted by molar-refractivity contribution is 5.43. The summed E-state index contributed by atoms with van der Waals surface area (Å²) >= 11 is 0. The highest BCUT2D eigenvalue weighted by Crippen LogP contribution is 2.34. The molecular weight excluding hydrogens is 220 g/mol. The molecule has 16 heavy (non-hydrogen) atoms. The third kappa shape index (κ3) is 2.52. The van der Waals surface area contributed by atoms with E-state index in [2.05, 4.69) is 0 Å². The fourth-order valence-electron chi connectivity index (χ4n) is 1.32. The Labute approximate surface area is 90.7 Å². The lowest BCUT2D eigenvalue weighted by Gasteiger charge is -2.15. The van der Waals surface area contributed by atoms with Gasteiger partial charge in [-0.1, -0.05) is 12.1 Å². The molecule has 6 heteroatoms. The summed E-state index contributed by atoms with van der Waals surface area (Å²) < 4.78 is 26.7. The van der Waals surface area contributed by atoms with Crippen molar-refractivity contribution in [2.45, 2.75) is 19.3 Å². The summed E-state index contributed by atoms with van der Waals surface area (Å²) in [7, 11) is 0. The van der Waals surface area contributed by atoms with Gasteiger partial charge in [0.2, 0.25) is 0 Å². The molecule has 1 aromatic carbocycles. The highest BCUT2D eigenvalue weighted by Gasteiger charge is 2.32. The van der Waals surface area contributed by atoms with Crippen LogP contribution < -0.4 is 0 Å². The van der Waals surface area contributed by atoms with E-state index in [1.54, 1.807) is 0 Å². The van der Waals surface area contributed by atoms with E-state index in [-0.39, 0.29) is 5.69 Å². The second-order valence-corrected chi connectivity index (χ2v) is 3.44. The number of nitro benzene ring substituents is 1. The molecule has 1 N–H and O–H groups in total. The third-order valence-corrected chi connectivity index (χ3v) is 2.25. The van der Waals surface area contributed by atoms with Crippen LogP contribution in [0.25, 0.3) is 0 Å². The normalized spacial score (nSPS) is 11.5. The summed E-state index contributed by atoms with van der Waals surface area (Å²) in [5, 5.41) is 19.1. The van der Waals surface area contributed by atoms with Crippen LogP contribution in [0.5, 0.6) is 0 Å². The summed E-state index contributed by atoms with van der Waals surface area (Å²) in [6.07, 6.45) is -0.743. The number of rotatable bonds is 4. The van der Waals surface area contributed by atoms with E-state index < -0.39 is 29.4 Å². The summed E-state index contributed by atoms with van der Waals surface area (Å²) in [6, 6.07) is 3.27. The number of aryl methyl sites for hydroxylation is 1. The minimum atomic E-state index is -3.24. The lowest BCUT2D eigenvalue weighted by molar-refractivity contribution is -0.385. The van der Waals surface area contributed by atoms with Gasteiger partial charge in [-0.2, -0.15) is 0 Å². The van der Waals surface area contributed by atoms with Crippen LogP contribution in [0.3, 0.4) is 0 Å². The molecule has 0 heterocycles. The van der Waals surface area contributed by atoms with Crippen molar-refractivity contribution < 1.29 is 18.8 Å². The van der Waals surface area contributed by atoms with Crippen LogP contribution in [0.4, 0.5) is 14.5 Å². The molecule has 0 bridgehead atoms. The van der Waals surface area contributed by atoms with E-state index in [9.17, 15) is 18.9 Å². The van der Waals surface area contributed by atoms with Crippen molar-refractivity contribution in [1.29, 1.82) is 0 Å². The molecule has 0 saturated heterocycles. The van der Waals surface area contributed by atoms with Gasteiger partial charge in [0, 0.05) is 30.2 Å². The van der Waals surface area contributed by atoms with E-state index >= 15 is 0 Å². The number of aliphatic hydroxyl groups excluding tert-OH is 1. The molecule has 0 aliphatic rings. The fraction of sp³-hybridized carbons (Fsp3) is 0.400. The molecule has 0 aliphatic heterocycles. The van der Waals surface area contributed by atoms with Gasteiger partial charge in [-0.05, 0) is 6.92 Å². The van der Waals surface area contributed by atoms with Crippen LogP contribution in [-0.2, 0) is 5.92 Å². The number of hydrogen-bond donors (Lipinski definition) is 1. The summed E-state index contributed by atoms with van der Waals surface area (Å²) in [5.41, 5.74) is -0.456. The zero-order valence-electron chi connectivity index (χ0n) is 8.61. The van der Waals surface area contributed by atoms with Gasteiger partial charge < -0.3 is 5.11 Å². The maximum Gasteiger partial charge on any atom is 0.275 e. The Morgan fingerprint density at radius 1 is 1.50 bits per heavy atom. The molecule has 0 unspecified atom stereocenters. The van der Waals surface area contributed by atoms with E-state index in [0.29, 0.717) is 5.56 Å². The smallest absolute Gasteiger partial charge is 0.275 e. The molecule has 4 nitrogen and oxygen atoms in total. The summed E-state index contributed by atoms with van der Waals surface area (Å²) in [5.74, 6) is -3.24. The molecule has 1 rings (SSSR count). The number of alkyl halides is 2. The predicted molar refractivity (Wildman–Crippen MR) is 53.4 cm³/mol. The highest BCUT2D eigenvalue weighted by atomic mass is 19.3. The second kappa shape index (κ2) is 4.52.